The smallest absolute Gasteiger partial charge is 0.249 e. The van der Waals surface area contributed by atoms with E-state index < -0.39 is 5.91 Å². The Balaban J connectivity index is 2.23. The maximum Gasteiger partial charge on any atom is 0.249 e. The van der Waals surface area contributed by atoms with Crippen LogP contribution >= 0.6 is 0 Å². The van der Waals surface area contributed by atoms with Crippen molar-refractivity contribution in [2.45, 2.75) is 0 Å². The topological polar surface area (TPSA) is 73.3 Å². The molecule has 0 saturated carbocycles. The molecule has 88 valence electrons. The second-order valence-corrected chi connectivity index (χ2v) is 3.85. The number of nitrogens with zero attached hydrogens (tertiary/aromatic N) is 3. The van der Waals surface area contributed by atoms with Gasteiger partial charge in [-0.05, 0) is 18.2 Å². The second kappa shape index (κ2) is 3.96. The molecule has 0 unspecified atom stereocenters. The van der Waals surface area contributed by atoms with Gasteiger partial charge in [-0.1, -0.05) is 24.3 Å². The lowest BCUT2D eigenvalue weighted by Crippen LogP contribution is -2.12. The summed E-state index contributed by atoms with van der Waals surface area (Å²) in [5.74, 6) is 0.0139. The van der Waals surface area contributed by atoms with Crippen LogP contribution < -0.4 is 5.73 Å². The van der Waals surface area contributed by atoms with Gasteiger partial charge in [0.2, 0.25) is 5.91 Å². The first-order valence-electron chi connectivity index (χ1n) is 5.46. The number of fused-ring (bicyclic) bond motifs is 1. The molecule has 0 aliphatic rings. The molecular formula is C13H10N4O. The molecule has 0 bridgehead atoms. The molecule has 1 aromatic carbocycles. The Bertz CT molecular complexity index is 699. The van der Waals surface area contributed by atoms with Crippen LogP contribution in [0, 0.1) is 0 Å². The standard InChI is InChI=1S/C13H10N4O/c14-12(18)9-5-1-2-6-10(9)13-15-11-7-3-4-8-17(11)16-13/h1-8H,(H2,14,18). The first-order chi connectivity index (χ1) is 8.75. The van der Waals surface area contributed by atoms with Gasteiger partial charge >= 0.3 is 0 Å². The maximum absolute atomic E-state index is 11.4. The third-order valence-electron chi connectivity index (χ3n) is 2.67. The third-order valence-corrected chi connectivity index (χ3v) is 2.67. The van der Waals surface area contributed by atoms with Crippen molar-refractivity contribution in [1.82, 2.24) is 14.6 Å². The highest BCUT2D eigenvalue weighted by Crippen LogP contribution is 2.20. The van der Waals surface area contributed by atoms with E-state index in [1.54, 1.807) is 28.9 Å². The van der Waals surface area contributed by atoms with E-state index in [1.807, 2.05) is 24.3 Å². The number of amides is 1. The molecule has 3 aromatic rings. The van der Waals surface area contributed by atoms with Gasteiger partial charge in [0.25, 0.3) is 0 Å². The van der Waals surface area contributed by atoms with Gasteiger partial charge < -0.3 is 5.73 Å². The Morgan fingerprint density at radius 3 is 2.67 bits per heavy atom. The molecule has 5 nitrogen and oxygen atoms in total. The molecule has 1 amide bonds. The Kier molecular flexibility index (Phi) is 2.30. The number of hydrogen-bond acceptors (Lipinski definition) is 3. The van der Waals surface area contributed by atoms with Crippen molar-refractivity contribution < 1.29 is 4.79 Å². The summed E-state index contributed by atoms with van der Waals surface area (Å²) in [7, 11) is 0. The van der Waals surface area contributed by atoms with Crippen molar-refractivity contribution in [2.24, 2.45) is 5.73 Å². The summed E-state index contributed by atoms with van der Waals surface area (Å²) in [6.45, 7) is 0. The largest absolute Gasteiger partial charge is 0.366 e. The first kappa shape index (κ1) is 10.5. The molecule has 0 radical (unpaired) electrons. The average molecular weight is 238 g/mol. The fourth-order valence-corrected chi connectivity index (χ4v) is 1.84. The van der Waals surface area contributed by atoms with E-state index in [9.17, 15) is 4.79 Å². The van der Waals surface area contributed by atoms with Crippen molar-refractivity contribution in [3.05, 3.63) is 54.2 Å². The summed E-state index contributed by atoms with van der Waals surface area (Å²) in [5, 5.41) is 4.32. The van der Waals surface area contributed by atoms with E-state index in [2.05, 4.69) is 10.1 Å². The van der Waals surface area contributed by atoms with Crippen LogP contribution in [0.3, 0.4) is 0 Å². The van der Waals surface area contributed by atoms with Crippen molar-refractivity contribution >= 4 is 11.6 Å². The van der Waals surface area contributed by atoms with Crippen LogP contribution in [-0.2, 0) is 0 Å². The fraction of sp³-hybridized carbons (Fsp3) is 0. The highest BCUT2D eigenvalue weighted by molar-refractivity contribution is 5.99. The Morgan fingerprint density at radius 1 is 1.11 bits per heavy atom. The van der Waals surface area contributed by atoms with Gasteiger partial charge in [-0.3, -0.25) is 4.79 Å². The first-order valence-corrected chi connectivity index (χ1v) is 5.46. The number of rotatable bonds is 2. The summed E-state index contributed by atoms with van der Waals surface area (Å²) >= 11 is 0. The van der Waals surface area contributed by atoms with Crippen molar-refractivity contribution in [2.75, 3.05) is 0 Å². The minimum Gasteiger partial charge on any atom is -0.366 e. The van der Waals surface area contributed by atoms with E-state index in [-0.39, 0.29) is 0 Å². The summed E-state index contributed by atoms with van der Waals surface area (Å²) in [6, 6.07) is 12.6. The van der Waals surface area contributed by atoms with Crippen LogP contribution in [0.1, 0.15) is 10.4 Å². The van der Waals surface area contributed by atoms with Gasteiger partial charge in [-0.25, -0.2) is 9.50 Å². The number of nitrogens with two attached hydrogens (primary N) is 1. The maximum atomic E-state index is 11.4. The predicted molar refractivity (Wildman–Crippen MR) is 66.9 cm³/mol. The van der Waals surface area contributed by atoms with Crippen LogP contribution in [0.25, 0.3) is 17.0 Å². The molecule has 0 spiro atoms. The van der Waals surface area contributed by atoms with Gasteiger partial charge in [0.05, 0.1) is 5.56 Å². The molecule has 2 heterocycles. The molecular weight excluding hydrogens is 228 g/mol. The molecule has 2 N–H and O–H groups in total. The Labute approximate surface area is 103 Å². The highest BCUT2D eigenvalue weighted by Gasteiger charge is 2.13. The van der Waals surface area contributed by atoms with Gasteiger partial charge in [0.1, 0.15) is 0 Å². The molecule has 2 aromatic heterocycles. The molecule has 3 rings (SSSR count). The molecule has 5 heteroatoms. The minimum absolute atomic E-state index is 0.424. The lowest BCUT2D eigenvalue weighted by molar-refractivity contribution is 0.100. The Morgan fingerprint density at radius 2 is 1.89 bits per heavy atom. The summed E-state index contributed by atoms with van der Waals surface area (Å²) in [6.07, 6.45) is 1.80. The highest BCUT2D eigenvalue weighted by atomic mass is 16.1. The zero-order chi connectivity index (χ0) is 12.5. The third kappa shape index (κ3) is 1.62. The molecule has 0 saturated heterocycles. The summed E-state index contributed by atoms with van der Waals surface area (Å²) < 4.78 is 1.66. The zero-order valence-corrected chi connectivity index (χ0v) is 9.45. The normalized spacial score (nSPS) is 10.7. The predicted octanol–water partition coefficient (Wildman–Crippen LogP) is 1.50. The van der Waals surface area contributed by atoms with Gasteiger partial charge in [-0.15, -0.1) is 5.10 Å². The number of benzene rings is 1. The molecule has 18 heavy (non-hydrogen) atoms. The number of aromatic nitrogens is 3. The minimum atomic E-state index is -0.482. The second-order valence-electron chi connectivity index (χ2n) is 3.85. The lowest BCUT2D eigenvalue weighted by Gasteiger charge is -2.01. The van der Waals surface area contributed by atoms with Gasteiger partial charge in [0.15, 0.2) is 11.5 Å². The number of primary amides is 1. The van der Waals surface area contributed by atoms with Crippen molar-refractivity contribution in [3.63, 3.8) is 0 Å². The van der Waals surface area contributed by atoms with Crippen LogP contribution in [0.5, 0.6) is 0 Å². The average Bonchev–Trinajstić information content (AvgIpc) is 2.82. The number of carbonyl (C=O) groups excluding carboxylic acids is 1. The van der Waals surface area contributed by atoms with Gasteiger partial charge in [-0.2, -0.15) is 0 Å². The van der Waals surface area contributed by atoms with Crippen LogP contribution in [0.2, 0.25) is 0 Å². The van der Waals surface area contributed by atoms with E-state index in [4.69, 9.17) is 5.73 Å². The van der Waals surface area contributed by atoms with Crippen molar-refractivity contribution in [3.8, 4) is 11.4 Å². The number of hydrogen-bond donors (Lipinski definition) is 1. The monoisotopic (exact) mass is 238 g/mol. The molecule has 0 fully saturated rings. The van der Waals surface area contributed by atoms with Crippen molar-refractivity contribution in [1.29, 1.82) is 0 Å². The summed E-state index contributed by atoms with van der Waals surface area (Å²) in [5.41, 5.74) is 7.14. The number of carbonyl (C=O) groups is 1. The van der Waals surface area contributed by atoms with E-state index >= 15 is 0 Å². The molecule has 0 atom stereocenters. The molecule has 0 aliphatic heterocycles. The quantitative estimate of drug-likeness (QED) is 0.735. The molecule has 0 aliphatic carbocycles. The zero-order valence-electron chi connectivity index (χ0n) is 9.45. The number of pyridine rings is 1. The SMILES string of the molecule is NC(=O)c1ccccc1-c1nc2ccccn2n1. The Hall–Kier alpha value is -2.69. The van der Waals surface area contributed by atoms with Gasteiger partial charge in [0, 0.05) is 11.8 Å². The summed E-state index contributed by atoms with van der Waals surface area (Å²) in [4.78, 5) is 15.7. The van der Waals surface area contributed by atoms with E-state index in [1.165, 1.54) is 0 Å². The lowest BCUT2D eigenvalue weighted by atomic mass is 10.1. The van der Waals surface area contributed by atoms with E-state index in [0.717, 1.165) is 5.65 Å². The van der Waals surface area contributed by atoms with E-state index in [0.29, 0.717) is 17.0 Å². The fourth-order valence-electron chi connectivity index (χ4n) is 1.84. The van der Waals surface area contributed by atoms with Crippen LogP contribution in [0.4, 0.5) is 0 Å². The van der Waals surface area contributed by atoms with Crippen LogP contribution in [0.15, 0.2) is 48.7 Å². The van der Waals surface area contributed by atoms with Crippen LogP contribution in [-0.4, -0.2) is 20.5 Å².